The molecule has 9 nitrogen and oxygen atoms in total. The van der Waals surface area contributed by atoms with Crippen LogP contribution in [0.2, 0.25) is 0 Å². The minimum absolute atomic E-state index is 0.0629. The van der Waals surface area contributed by atoms with E-state index in [4.69, 9.17) is 5.26 Å². The summed E-state index contributed by atoms with van der Waals surface area (Å²) in [5, 5.41) is 15.9. The Bertz CT molecular complexity index is 1300. The van der Waals surface area contributed by atoms with Crippen LogP contribution < -0.4 is 10.2 Å². The van der Waals surface area contributed by atoms with Crippen LogP contribution in [0.3, 0.4) is 0 Å². The van der Waals surface area contributed by atoms with Crippen LogP contribution in [0.5, 0.6) is 0 Å². The van der Waals surface area contributed by atoms with Gasteiger partial charge in [-0.25, -0.2) is 9.97 Å². The number of nitrogens with one attached hydrogen (secondary N) is 1. The number of halogens is 3. The third kappa shape index (κ3) is 5.29. The zero-order valence-electron chi connectivity index (χ0n) is 18.6. The minimum Gasteiger partial charge on any atom is -0.322 e. The van der Waals surface area contributed by atoms with Gasteiger partial charge < -0.3 is 5.32 Å². The Kier molecular flexibility index (Phi) is 6.50. The van der Waals surface area contributed by atoms with Crippen LogP contribution in [-0.4, -0.2) is 43.8 Å². The van der Waals surface area contributed by atoms with E-state index >= 15 is 0 Å². The van der Waals surface area contributed by atoms with Gasteiger partial charge in [0.1, 0.15) is 11.5 Å². The number of alkyl halides is 3. The van der Waals surface area contributed by atoms with Gasteiger partial charge in [-0.2, -0.15) is 23.5 Å². The lowest BCUT2D eigenvalue weighted by molar-refractivity contribution is -0.135. The molecular weight excluding hydrogens is 463 g/mol. The van der Waals surface area contributed by atoms with Crippen LogP contribution in [0.15, 0.2) is 42.9 Å². The molecule has 0 unspecified atom stereocenters. The largest absolute Gasteiger partial charge is 0.389 e. The van der Waals surface area contributed by atoms with Gasteiger partial charge in [0.05, 0.1) is 54.1 Å². The van der Waals surface area contributed by atoms with Gasteiger partial charge in [0.25, 0.3) is 11.8 Å². The Hall–Kier alpha value is -4.27. The third-order valence-electron chi connectivity index (χ3n) is 5.46. The van der Waals surface area contributed by atoms with Gasteiger partial charge in [-0.3, -0.25) is 19.2 Å². The summed E-state index contributed by atoms with van der Waals surface area (Å²) in [5.41, 5.74) is 1.29. The average molecular weight is 483 g/mol. The molecule has 35 heavy (non-hydrogen) atoms. The molecule has 2 aromatic heterocycles. The second-order valence-electron chi connectivity index (χ2n) is 8.09. The lowest BCUT2D eigenvalue weighted by atomic mass is 10.1. The fourth-order valence-electron chi connectivity index (χ4n) is 3.85. The van der Waals surface area contributed by atoms with Crippen molar-refractivity contribution >= 4 is 23.2 Å². The molecule has 4 rings (SSSR count). The maximum Gasteiger partial charge on any atom is 0.389 e. The summed E-state index contributed by atoms with van der Waals surface area (Å²) in [6, 6.07) is 8.02. The molecule has 2 amide bonds. The van der Waals surface area contributed by atoms with Gasteiger partial charge in [0.15, 0.2) is 0 Å². The van der Waals surface area contributed by atoms with Gasteiger partial charge >= 0.3 is 6.18 Å². The predicted octanol–water partition coefficient (Wildman–Crippen LogP) is 3.73. The minimum atomic E-state index is -4.24. The van der Waals surface area contributed by atoms with E-state index in [1.54, 1.807) is 25.1 Å². The fraction of sp³-hybridized carbons (Fsp3) is 0.304. The smallest absolute Gasteiger partial charge is 0.322 e. The Morgan fingerprint density at radius 1 is 1.26 bits per heavy atom. The van der Waals surface area contributed by atoms with E-state index in [-0.39, 0.29) is 36.0 Å². The molecule has 0 saturated carbocycles. The number of aryl methyl sites for hydroxylation is 1. The number of rotatable bonds is 6. The molecule has 0 saturated heterocycles. The van der Waals surface area contributed by atoms with E-state index in [1.807, 2.05) is 6.07 Å². The highest BCUT2D eigenvalue weighted by Crippen LogP contribution is 2.27. The van der Waals surface area contributed by atoms with Crippen LogP contribution >= 0.6 is 0 Å². The summed E-state index contributed by atoms with van der Waals surface area (Å²) in [4.78, 5) is 36.0. The summed E-state index contributed by atoms with van der Waals surface area (Å²) in [6.45, 7) is 2.11. The summed E-state index contributed by atoms with van der Waals surface area (Å²) in [7, 11) is 0. The van der Waals surface area contributed by atoms with E-state index in [0.717, 1.165) is 0 Å². The van der Waals surface area contributed by atoms with Gasteiger partial charge in [-0.05, 0) is 31.5 Å². The normalized spacial score (nSPS) is 15.5. The number of carbonyl (C=O) groups excluding carboxylic acids is 2. The second-order valence-corrected chi connectivity index (χ2v) is 8.09. The number of aromatic nitrogens is 4. The predicted molar refractivity (Wildman–Crippen MR) is 119 cm³/mol. The first-order valence-corrected chi connectivity index (χ1v) is 10.7. The van der Waals surface area contributed by atoms with Crippen LogP contribution in [0.25, 0.3) is 0 Å². The van der Waals surface area contributed by atoms with Crippen molar-refractivity contribution in [3.05, 3.63) is 65.5 Å². The number of hydrogen-bond donors (Lipinski definition) is 1. The van der Waals surface area contributed by atoms with Crippen molar-refractivity contribution in [2.24, 2.45) is 0 Å². The first-order valence-electron chi connectivity index (χ1n) is 10.7. The van der Waals surface area contributed by atoms with Gasteiger partial charge in [-0.1, -0.05) is 6.07 Å². The van der Waals surface area contributed by atoms with Crippen molar-refractivity contribution in [1.29, 1.82) is 5.26 Å². The molecule has 1 aliphatic rings. The van der Waals surface area contributed by atoms with Crippen molar-refractivity contribution in [3.8, 4) is 6.07 Å². The van der Waals surface area contributed by atoms with E-state index in [1.165, 1.54) is 34.2 Å². The molecular formula is C23H20F3N7O2. The van der Waals surface area contributed by atoms with Crippen molar-refractivity contribution in [1.82, 2.24) is 19.7 Å². The lowest BCUT2D eigenvalue weighted by Gasteiger charge is -2.33. The molecule has 0 spiro atoms. The molecule has 0 radical (unpaired) electrons. The van der Waals surface area contributed by atoms with Crippen LogP contribution in [-0.2, 0) is 13.0 Å². The molecule has 1 atom stereocenters. The zero-order valence-corrected chi connectivity index (χ0v) is 18.6. The molecule has 0 fully saturated rings. The molecule has 1 aromatic carbocycles. The van der Waals surface area contributed by atoms with Crippen molar-refractivity contribution in [2.45, 2.75) is 44.9 Å². The van der Waals surface area contributed by atoms with Crippen molar-refractivity contribution in [3.63, 3.8) is 0 Å². The SMILES string of the molecule is C[C@H]1Cn2ncc(C(=O)Nc3cccc(C#N)c3)c2C(=O)N1c1cnc(CCCC(F)(F)F)nc1. The molecule has 3 heterocycles. The monoisotopic (exact) mass is 483 g/mol. The highest BCUT2D eigenvalue weighted by atomic mass is 19.4. The molecule has 0 aliphatic carbocycles. The zero-order chi connectivity index (χ0) is 25.2. The topological polar surface area (TPSA) is 117 Å². The number of anilines is 2. The Balaban J connectivity index is 1.53. The number of hydrogen-bond acceptors (Lipinski definition) is 6. The van der Waals surface area contributed by atoms with E-state index in [2.05, 4.69) is 20.4 Å². The highest BCUT2D eigenvalue weighted by molar-refractivity contribution is 6.15. The highest BCUT2D eigenvalue weighted by Gasteiger charge is 2.36. The molecule has 180 valence electrons. The molecule has 1 N–H and O–H groups in total. The van der Waals surface area contributed by atoms with Crippen molar-refractivity contribution in [2.75, 3.05) is 10.2 Å². The van der Waals surface area contributed by atoms with Gasteiger partial charge in [0.2, 0.25) is 0 Å². The van der Waals surface area contributed by atoms with Gasteiger partial charge in [-0.15, -0.1) is 0 Å². The fourth-order valence-corrected chi connectivity index (χ4v) is 3.85. The molecule has 1 aliphatic heterocycles. The maximum absolute atomic E-state index is 13.4. The molecule has 0 bridgehead atoms. The number of carbonyl (C=O) groups is 2. The Labute approximate surface area is 198 Å². The van der Waals surface area contributed by atoms with Crippen molar-refractivity contribution < 1.29 is 22.8 Å². The second kappa shape index (κ2) is 9.54. The quantitative estimate of drug-likeness (QED) is 0.571. The van der Waals surface area contributed by atoms with Gasteiger partial charge in [0, 0.05) is 18.5 Å². The number of nitriles is 1. The molecule has 12 heteroatoms. The van der Waals surface area contributed by atoms with E-state index < -0.39 is 24.4 Å². The van der Waals surface area contributed by atoms with E-state index in [9.17, 15) is 22.8 Å². The summed E-state index contributed by atoms with van der Waals surface area (Å²) in [6.07, 6.45) is -1.12. The van der Waals surface area contributed by atoms with Crippen LogP contribution in [0.1, 0.15) is 52.0 Å². The average Bonchev–Trinajstić information content (AvgIpc) is 3.23. The Morgan fingerprint density at radius 3 is 2.69 bits per heavy atom. The summed E-state index contributed by atoms with van der Waals surface area (Å²) in [5.74, 6) is -0.786. The Morgan fingerprint density at radius 2 is 2.00 bits per heavy atom. The first kappa shape index (κ1) is 23.9. The number of nitrogens with zero attached hydrogens (tertiary/aromatic N) is 6. The number of fused-ring (bicyclic) bond motifs is 1. The van der Waals surface area contributed by atoms with Crippen LogP contribution in [0, 0.1) is 11.3 Å². The molecule has 3 aromatic rings. The summed E-state index contributed by atoms with van der Waals surface area (Å²) < 4.78 is 38.5. The standard InChI is InChI=1S/C23H20F3N7O2/c1-14-13-32-20(18(12-30-32)21(34)31-16-5-2-4-15(8-16)9-27)22(35)33(14)17-10-28-19(29-11-17)6-3-7-23(24,25)26/h2,4-5,8,10-12,14H,3,6-7,13H2,1H3,(H,31,34)/t14-/m0/s1. The lowest BCUT2D eigenvalue weighted by Crippen LogP contribution is -2.47. The maximum atomic E-state index is 13.4. The number of amides is 2. The third-order valence-corrected chi connectivity index (χ3v) is 5.46. The van der Waals surface area contributed by atoms with Crippen LogP contribution in [0.4, 0.5) is 24.5 Å². The number of benzene rings is 1. The first-order chi connectivity index (χ1) is 16.7. The summed E-state index contributed by atoms with van der Waals surface area (Å²) >= 11 is 0. The van der Waals surface area contributed by atoms with E-state index in [0.29, 0.717) is 23.5 Å².